The molecule has 1 atom stereocenters. The van der Waals surface area contributed by atoms with Crippen LogP contribution in [0, 0.1) is 0 Å². The van der Waals surface area contributed by atoms with E-state index in [1.165, 1.54) is 19.3 Å². The van der Waals surface area contributed by atoms with Crippen molar-refractivity contribution >= 4 is 30.7 Å². The van der Waals surface area contributed by atoms with E-state index in [0.29, 0.717) is 6.04 Å². The minimum atomic E-state index is -0.588. The zero-order valence-electron chi connectivity index (χ0n) is 11.7. The Morgan fingerprint density at radius 2 is 1.89 bits per heavy atom. The summed E-state index contributed by atoms with van der Waals surface area (Å²) in [4.78, 5) is 14.5. The summed E-state index contributed by atoms with van der Waals surface area (Å²) < 4.78 is 0. The Morgan fingerprint density at radius 1 is 1.26 bits per heavy atom. The number of hydrogen-bond donors (Lipinski definition) is 2. The van der Waals surface area contributed by atoms with Gasteiger partial charge in [-0.15, -0.1) is 24.8 Å². The van der Waals surface area contributed by atoms with E-state index in [-0.39, 0.29) is 30.7 Å². The zero-order valence-corrected chi connectivity index (χ0v) is 13.3. The Labute approximate surface area is 128 Å². The highest BCUT2D eigenvalue weighted by Gasteiger charge is 2.35. The molecule has 1 saturated heterocycles. The highest BCUT2D eigenvalue weighted by atomic mass is 35.5. The fourth-order valence-electron chi connectivity index (χ4n) is 3.03. The van der Waals surface area contributed by atoms with Gasteiger partial charge in [0.05, 0.1) is 5.54 Å². The molecular weight excluding hydrogens is 285 g/mol. The maximum Gasteiger partial charge on any atom is 0.240 e. The third-order valence-electron chi connectivity index (χ3n) is 4.37. The number of nitrogens with zero attached hydrogens (tertiary/aromatic N) is 1. The molecule has 6 heteroatoms. The van der Waals surface area contributed by atoms with Crippen LogP contribution in [0.2, 0.25) is 0 Å². The third kappa shape index (κ3) is 4.78. The van der Waals surface area contributed by atoms with Gasteiger partial charge in [0.1, 0.15) is 0 Å². The smallest absolute Gasteiger partial charge is 0.240 e. The lowest BCUT2D eigenvalue weighted by Gasteiger charge is -2.32. The molecule has 1 saturated carbocycles. The summed E-state index contributed by atoms with van der Waals surface area (Å²) in [5.41, 5.74) is 5.61. The molecule has 0 bridgehead atoms. The van der Waals surface area contributed by atoms with E-state index >= 15 is 0 Å². The number of carbonyl (C=O) groups is 1. The average molecular weight is 312 g/mol. The summed E-state index contributed by atoms with van der Waals surface area (Å²) >= 11 is 0. The summed E-state index contributed by atoms with van der Waals surface area (Å²) in [5.74, 6) is 0.0671. The predicted octanol–water partition coefficient (Wildman–Crippen LogP) is 1.70. The first-order valence-electron chi connectivity index (χ1n) is 6.89. The lowest BCUT2D eigenvalue weighted by atomic mass is 9.82. The topological polar surface area (TPSA) is 58.4 Å². The van der Waals surface area contributed by atoms with Gasteiger partial charge in [-0.1, -0.05) is 19.3 Å². The molecule has 0 spiro atoms. The second-order valence-corrected chi connectivity index (χ2v) is 5.70. The number of rotatable bonds is 3. The fraction of sp³-hybridized carbons (Fsp3) is 0.923. The van der Waals surface area contributed by atoms with Crippen molar-refractivity contribution in [1.82, 2.24) is 10.2 Å². The highest BCUT2D eigenvalue weighted by Crippen LogP contribution is 2.26. The van der Waals surface area contributed by atoms with E-state index < -0.39 is 5.54 Å². The van der Waals surface area contributed by atoms with E-state index in [4.69, 9.17) is 5.73 Å². The number of nitrogens with one attached hydrogen (secondary N) is 1. The first-order valence-corrected chi connectivity index (χ1v) is 6.89. The summed E-state index contributed by atoms with van der Waals surface area (Å²) in [6.45, 7) is 1.91. The van der Waals surface area contributed by atoms with Crippen molar-refractivity contribution in [2.45, 2.75) is 56.5 Å². The summed E-state index contributed by atoms with van der Waals surface area (Å²) in [7, 11) is 2.13. The molecule has 2 fully saturated rings. The quantitative estimate of drug-likeness (QED) is 0.834. The minimum Gasteiger partial charge on any atom is -0.353 e. The van der Waals surface area contributed by atoms with Crippen LogP contribution < -0.4 is 11.1 Å². The third-order valence-corrected chi connectivity index (χ3v) is 4.37. The van der Waals surface area contributed by atoms with Gasteiger partial charge in [-0.05, 0) is 39.3 Å². The van der Waals surface area contributed by atoms with Gasteiger partial charge < -0.3 is 16.0 Å². The molecular formula is C13H27Cl2N3O. The van der Waals surface area contributed by atoms with Crippen molar-refractivity contribution in [2.24, 2.45) is 5.73 Å². The van der Waals surface area contributed by atoms with Crippen LogP contribution in [0.4, 0.5) is 0 Å². The van der Waals surface area contributed by atoms with Gasteiger partial charge in [-0.25, -0.2) is 0 Å². The van der Waals surface area contributed by atoms with Crippen LogP contribution in [0.5, 0.6) is 0 Å². The first kappa shape index (κ1) is 19.0. The number of halogens is 2. The molecule has 2 aliphatic rings. The molecule has 1 aliphatic heterocycles. The number of likely N-dealkylation sites (tertiary alicyclic amines) is 1. The van der Waals surface area contributed by atoms with Crippen molar-refractivity contribution < 1.29 is 4.79 Å². The number of nitrogens with two attached hydrogens (primary N) is 1. The van der Waals surface area contributed by atoms with Crippen LogP contribution >= 0.6 is 24.8 Å². The number of likely N-dealkylation sites (N-methyl/N-ethyl adjacent to an activating group) is 1. The normalized spacial score (nSPS) is 26.1. The molecule has 114 valence electrons. The van der Waals surface area contributed by atoms with Crippen molar-refractivity contribution in [3.63, 3.8) is 0 Å². The SMILES string of the molecule is CN1CCCC1CNC(=O)C1(N)CCCCC1.Cl.Cl. The average Bonchev–Trinajstić information content (AvgIpc) is 2.73. The van der Waals surface area contributed by atoms with Crippen molar-refractivity contribution in [3.8, 4) is 0 Å². The molecule has 0 aromatic heterocycles. The summed E-state index contributed by atoms with van der Waals surface area (Å²) in [5, 5.41) is 3.06. The van der Waals surface area contributed by atoms with Gasteiger partial charge in [0.25, 0.3) is 0 Å². The standard InChI is InChI=1S/C13H25N3O.2ClH/c1-16-9-5-6-11(16)10-15-12(17)13(14)7-3-2-4-8-13;;/h11H,2-10,14H2,1H3,(H,15,17);2*1H. The van der Waals surface area contributed by atoms with E-state index in [1.54, 1.807) is 0 Å². The fourth-order valence-corrected chi connectivity index (χ4v) is 3.03. The van der Waals surface area contributed by atoms with Crippen molar-refractivity contribution in [1.29, 1.82) is 0 Å². The molecule has 1 aliphatic carbocycles. The largest absolute Gasteiger partial charge is 0.353 e. The minimum absolute atomic E-state index is 0. The molecule has 0 radical (unpaired) electrons. The Morgan fingerprint density at radius 3 is 2.42 bits per heavy atom. The van der Waals surface area contributed by atoms with Crippen LogP contribution in [0.1, 0.15) is 44.9 Å². The van der Waals surface area contributed by atoms with Crippen molar-refractivity contribution in [2.75, 3.05) is 20.1 Å². The van der Waals surface area contributed by atoms with Crippen LogP contribution in [0.3, 0.4) is 0 Å². The molecule has 19 heavy (non-hydrogen) atoms. The molecule has 4 nitrogen and oxygen atoms in total. The van der Waals surface area contributed by atoms with E-state index in [1.807, 2.05) is 0 Å². The lowest BCUT2D eigenvalue weighted by molar-refractivity contribution is -0.127. The Bertz CT molecular complexity index is 283. The van der Waals surface area contributed by atoms with Gasteiger partial charge in [-0.2, -0.15) is 0 Å². The Hall–Kier alpha value is -0.0300. The van der Waals surface area contributed by atoms with E-state index in [0.717, 1.165) is 38.8 Å². The number of carbonyl (C=O) groups excluding carboxylic acids is 1. The zero-order chi connectivity index (χ0) is 12.3. The molecule has 1 heterocycles. The van der Waals surface area contributed by atoms with Crippen LogP contribution in [-0.2, 0) is 4.79 Å². The van der Waals surface area contributed by atoms with E-state index in [9.17, 15) is 4.79 Å². The Balaban J connectivity index is 0.00000162. The molecule has 1 amide bonds. The van der Waals surface area contributed by atoms with Crippen molar-refractivity contribution in [3.05, 3.63) is 0 Å². The van der Waals surface area contributed by atoms with Crippen LogP contribution in [0.25, 0.3) is 0 Å². The first-order chi connectivity index (χ1) is 8.12. The number of hydrogen-bond acceptors (Lipinski definition) is 3. The Kier molecular flexibility index (Phi) is 8.29. The van der Waals surface area contributed by atoms with Crippen LogP contribution in [-0.4, -0.2) is 42.5 Å². The second kappa shape index (κ2) is 8.30. The highest BCUT2D eigenvalue weighted by molar-refractivity contribution is 5.86. The second-order valence-electron chi connectivity index (χ2n) is 5.70. The maximum absolute atomic E-state index is 12.1. The summed E-state index contributed by atoms with van der Waals surface area (Å²) in [6.07, 6.45) is 7.52. The van der Waals surface area contributed by atoms with Gasteiger partial charge in [0.2, 0.25) is 5.91 Å². The predicted molar refractivity (Wildman–Crippen MR) is 83.2 cm³/mol. The van der Waals surface area contributed by atoms with Gasteiger partial charge in [0, 0.05) is 12.6 Å². The number of amides is 1. The summed E-state index contributed by atoms with van der Waals surface area (Å²) in [6, 6.07) is 0.506. The lowest BCUT2D eigenvalue weighted by Crippen LogP contribution is -2.56. The molecule has 0 aromatic carbocycles. The van der Waals surface area contributed by atoms with E-state index in [2.05, 4.69) is 17.3 Å². The van der Waals surface area contributed by atoms with Gasteiger partial charge in [-0.3, -0.25) is 4.79 Å². The maximum atomic E-state index is 12.1. The van der Waals surface area contributed by atoms with Gasteiger partial charge in [0.15, 0.2) is 0 Å². The van der Waals surface area contributed by atoms with Gasteiger partial charge >= 0.3 is 0 Å². The monoisotopic (exact) mass is 311 g/mol. The molecule has 0 aromatic rings. The molecule has 3 N–H and O–H groups in total. The molecule has 2 rings (SSSR count). The van der Waals surface area contributed by atoms with Crippen LogP contribution in [0.15, 0.2) is 0 Å². The molecule has 1 unspecified atom stereocenters.